The third-order valence-electron chi connectivity index (χ3n) is 3.88. The molecule has 8 heteroatoms. The molecule has 3 N–H and O–H groups in total. The van der Waals surface area contributed by atoms with Gasteiger partial charge in [0.05, 0.1) is 25.5 Å². The number of fused-ring (bicyclic) bond motifs is 1. The lowest BCUT2D eigenvalue weighted by Crippen LogP contribution is -2.35. The van der Waals surface area contributed by atoms with E-state index in [4.69, 9.17) is 15.2 Å². The molecule has 1 aliphatic heterocycles. The van der Waals surface area contributed by atoms with Crippen LogP contribution in [-0.2, 0) is 19.5 Å². The van der Waals surface area contributed by atoms with Gasteiger partial charge in [0, 0.05) is 37.7 Å². The number of nitrogen functional groups attached to an aromatic ring is 1. The Morgan fingerprint density at radius 3 is 2.87 bits per heavy atom. The van der Waals surface area contributed by atoms with E-state index in [0.29, 0.717) is 36.8 Å². The minimum atomic E-state index is -0.169. The Hall–Kier alpha value is -2.61. The van der Waals surface area contributed by atoms with E-state index in [1.807, 2.05) is 6.07 Å². The van der Waals surface area contributed by atoms with Gasteiger partial charge in [0.2, 0.25) is 17.7 Å². The van der Waals surface area contributed by atoms with Crippen molar-refractivity contribution in [2.24, 2.45) is 0 Å². The fraction of sp³-hybridized carbons (Fsp3) is 0.400. The zero-order valence-corrected chi connectivity index (χ0v) is 13.1. The van der Waals surface area contributed by atoms with Crippen molar-refractivity contribution >= 4 is 5.95 Å². The summed E-state index contributed by atoms with van der Waals surface area (Å²) < 4.78 is 10.4. The summed E-state index contributed by atoms with van der Waals surface area (Å²) in [4.78, 5) is 25.2. The molecule has 0 fully saturated rings. The van der Waals surface area contributed by atoms with Gasteiger partial charge in [-0.25, -0.2) is 4.98 Å². The molecule has 3 rings (SSSR count). The molecule has 0 saturated heterocycles. The van der Waals surface area contributed by atoms with Gasteiger partial charge in [-0.3, -0.25) is 14.7 Å². The quantitative estimate of drug-likeness (QED) is 0.836. The molecule has 0 radical (unpaired) electrons. The smallest absolute Gasteiger partial charge is 0.257 e. The zero-order chi connectivity index (χ0) is 16.4. The van der Waals surface area contributed by atoms with Crippen molar-refractivity contribution in [2.75, 3.05) is 26.5 Å². The Bertz CT molecular complexity index is 774. The first kappa shape index (κ1) is 15.3. The van der Waals surface area contributed by atoms with Crippen LogP contribution in [0.1, 0.15) is 16.8 Å². The summed E-state index contributed by atoms with van der Waals surface area (Å²) in [6, 6.07) is 3.72. The lowest BCUT2D eigenvalue weighted by molar-refractivity contribution is 0.236. The second-order valence-corrected chi connectivity index (χ2v) is 5.36. The van der Waals surface area contributed by atoms with Crippen molar-refractivity contribution in [1.82, 2.24) is 19.9 Å². The van der Waals surface area contributed by atoms with Gasteiger partial charge in [0.25, 0.3) is 5.56 Å². The van der Waals surface area contributed by atoms with Gasteiger partial charge in [-0.05, 0) is 6.07 Å². The van der Waals surface area contributed by atoms with Gasteiger partial charge in [0.1, 0.15) is 0 Å². The van der Waals surface area contributed by atoms with E-state index in [1.54, 1.807) is 20.3 Å². The molecule has 122 valence electrons. The van der Waals surface area contributed by atoms with Crippen molar-refractivity contribution in [3.05, 3.63) is 39.3 Å². The van der Waals surface area contributed by atoms with Crippen LogP contribution in [0.5, 0.6) is 11.8 Å². The summed E-state index contributed by atoms with van der Waals surface area (Å²) in [6.07, 6.45) is 0.690. The van der Waals surface area contributed by atoms with Crippen molar-refractivity contribution in [3.8, 4) is 11.8 Å². The predicted octanol–water partition coefficient (Wildman–Crippen LogP) is 0.323. The average molecular weight is 317 g/mol. The van der Waals surface area contributed by atoms with Crippen molar-refractivity contribution in [1.29, 1.82) is 0 Å². The molecule has 1 aliphatic rings. The lowest BCUT2D eigenvalue weighted by Gasteiger charge is -2.27. The Balaban J connectivity index is 1.81. The van der Waals surface area contributed by atoms with Crippen LogP contribution in [0.4, 0.5) is 5.95 Å². The molecule has 0 atom stereocenters. The maximum atomic E-state index is 12.0. The predicted molar refractivity (Wildman–Crippen MR) is 84.4 cm³/mol. The summed E-state index contributed by atoms with van der Waals surface area (Å²) in [6.45, 7) is 1.94. The Morgan fingerprint density at radius 1 is 1.30 bits per heavy atom. The molecule has 2 aromatic rings. The number of H-pyrrole nitrogens is 1. The minimum absolute atomic E-state index is 0.169. The summed E-state index contributed by atoms with van der Waals surface area (Å²) in [5, 5.41) is 0. The van der Waals surface area contributed by atoms with Crippen molar-refractivity contribution in [2.45, 2.75) is 19.5 Å². The molecule has 0 unspecified atom stereocenters. The number of aromatic amines is 1. The summed E-state index contributed by atoms with van der Waals surface area (Å²) in [5.41, 5.74) is 7.81. The highest BCUT2D eigenvalue weighted by atomic mass is 16.5. The van der Waals surface area contributed by atoms with Crippen LogP contribution < -0.4 is 20.8 Å². The van der Waals surface area contributed by atoms with E-state index < -0.39 is 0 Å². The molecular weight excluding hydrogens is 298 g/mol. The number of nitrogens with two attached hydrogens (primary N) is 1. The van der Waals surface area contributed by atoms with Crippen molar-refractivity contribution < 1.29 is 9.47 Å². The Morgan fingerprint density at radius 2 is 2.13 bits per heavy atom. The number of aromatic nitrogens is 3. The number of pyridine rings is 1. The first-order valence-electron chi connectivity index (χ1n) is 7.28. The fourth-order valence-electron chi connectivity index (χ4n) is 2.74. The summed E-state index contributed by atoms with van der Waals surface area (Å²) >= 11 is 0. The molecule has 0 aliphatic carbocycles. The Kier molecular flexibility index (Phi) is 4.16. The highest BCUT2D eigenvalue weighted by Gasteiger charge is 2.22. The normalized spacial score (nSPS) is 14.3. The van der Waals surface area contributed by atoms with Crippen LogP contribution in [0.25, 0.3) is 0 Å². The van der Waals surface area contributed by atoms with Crippen LogP contribution in [0.15, 0.2) is 16.9 Å². The molecular formula is C15H19N5O3. The first-order valence-corrected chi connectivity index (χ1v) is 7.28. The number of anilines is 1. The van der Waals surface area contributed by atoms with Gasteiger partial charge in [0.15, 0.2) is 0 Å². The van der Waals surface area contributed by atoms with Gasteiger partial charge in [-0.2, -0.15) is 4.98 Å². The zero-order valence-electron chi connectivity index (χ0n) is 13.1. The van der Waals surface area contributed by atoms with Crippen LogP contribution in [0.3, 0.4) is 0 Å². The SMILES string of the molecule is COc1ccc(CN2CCc3nc(N)[nH]c(=O)c3C2)c(OC)n1. The number of hydrogen-bond acceptors (Lipinski definition) is 7. The molecule has 0 amide bonds. The van der Waals surface area contributed by atoms with Crippen LogP contribution in [-0.4, -0.2) is 40.6 Å². The highest BCUT2D eigenvalue weighted by Crippen LogP contribution is 2.23. The van der Waals surface area contributed by atoms with E-state index >= 15 is 0 Å². The maximum Gasteiger partial charge on any atom is 0.257 e. The average Bonchev–Trinajstić information content (AvgIpc) is 2.55. The standard InChI is InChI=1S/C15H19N5O3/c1-22-12-4-3-9(14(18-12)23-2)7-20-6-5-11-10(8-20)13(21)19-15(16)17-11/h3-4H,5-8H2,1-2H3,(H3,16,17,19,21). The van der Waals surface area contributed by atoms with Gasteiger partial charge in [-0.15, -0.1) is 0 Å². The fourth-order valence-corrected chi connectivity index (χ4v) is 2.74. The summed E-state index contributed by atoms with van der Waals surface area (Å²) in [5.74, 6) is 1.20. The number of nitrogens with one attached hydrogen (secondary N) is 1. The van der Waals surface area contributed by atoms with E-state index in [1.165, 1.54) is 0 Å². The molecule has 3 heterocycles. The number of rotatable bonds is 4. The molecule has 8 nitrogen and oxygen atoms in total. The largest absolute Gasteiger partial charge is 0.481 e. The van der Waals surface area contributed by atoms with Gasteiger partial charge in [-0.1, -0.05) is 0 Å². The topological polar surface area (TPSA) is 106 Å². The van der Waals surface area contributed by atoms with Crippen LogP contribution in [0.2, 0.25) is 0 Å². The molecule has 23 heavy (non-hydrogen) atoms. The van der Waals surface area contributed by atoms with E-state index in [2.05, 4.69) is 19.9 Å². The third-order valence-corrected chi connectivity index (χ3v) is 3.88. The van der Waals surface area contributed by atoms with Crippen LogP contribution >= 0.6 is 0 Å². The second kappa shape index (κ2) is 6.25. The first-order chi connectivity index (χ1) is 11.1. The molecule has 0 saturated carbocycles. The monoisotopic (exact) mass is 317 g/mol. The molecule has 0 bridgehead atoms. The number of ether oxygens (including phenoxy) is 2. The second-order valence-electron chi connectivity index (χ2n) is 5.36. The molecule has 0 aromatic carbocycles. The van der Waals surface area contributed by atoms with E-state index in [-0.39, 0.29) is 11.5 Å². The number of methoxy groups -OCH3 is 2. The van der Waals surface area contributed by atoms with E-state index in [9.17, 15) is 4.79 Å². The van der Waals surface area contributed by atoms with Crippen LogP contribution in [0, 0.1) is 0 Å². The molecule has 2 aromatic heterocycles. The Labute approximate surface area is 133 Å². The summed E-state index contributed by atoms with van der Waals surface area (Å²) in [7, 11) is 3.14. The lowest BCUT2D eigenvalue weighted by atomic mass is 10.1. The van der Waals surface area contributed by atoms with Crippen molar-refractivity contribution in [3.63, 3.8) is 0 Å². The third kappa shape index (κ3) is 3.11. The molecule has 0 spiro atoms. The van der Waals surface area contributed by atoms with Gasteiger partial charge >= 0.3 is 0 Å². The van der Waals surface area contributed by atoms with E-state index in [0.717, 1.165) is 17.8 Å². The maximum absolute atomic E-state index is 12.0. The van der Waals surface area contributed by atoms with Gasteiger partial charge < -0.3 is 15.2 Å². The number of hydrogen-bond donors (Lipinski definition) is 2. The highest BCUT2D eigenvalue weighted by molar-refractivity contribution is 5.32. The number of nitrogens with zero attached hydrogens (tertiary/aromatic N) is 3. The minimum Gasteiger partial charge on any atom is -0.481 e.